The number of benzene rings is 2. The number of sulfonamides is 1. The maximum Gasteiger partial charge on any atom is 0.244 e. The van der Waals surface area contributed by atoms with Gasteiger partial charge in [0.15, 0.2) is 0 Å². The summed E-state index contributed by atoms with van der Waals surface area (Å²) in [4.78, 5) is 28.0. The molecule has 0 fully saturated rings. The van der Waals surface area contributed by atoms with Crippen LogP contribution in [-0.2, 0) is 26.2 Å². The van der Waals surface area contributed by atoms with Gasteiger partial charge >= 0.3 is 0 Å². The first-order chi connectivity index (χ1) is 16.5. The summed E-state index contributed by atoms with van der Waals surface area (Å²) in [6.07, 6.45) is 1.41. The van der Waals surface area contributed by atoms with Crippen LogP contribution in [0.5, 0.6) is 5.75 Å². The van der Waals surface area contributed by atoms with E-state index in [1.165, 1.54) is 4.90 Å². The largest absolute Gasteiger partial charge is 0.494 e. The minimum absolute atomic E-state index is 0.111. The second-order valence-corrected chi connectivity index (χ2v) is 10.8. The minimum Gasteiger partial charge on any atom is -0.494 e. The van der Waals surface area contributed by atoms with Gasteiger partial charge < -0.3 is 15.0 Å². The Morgan fingerprint density at radius 2 is 1.63 bits per heavy atom. The van der Waals surface area contributed by atoms with Gasteiger partial charge in [-0.3, -0.25) is 13.9 Å². The number of amides is 2. The van der Waals surface area contributed by atoms with E-state index in [4.69, 9.17) is 16.3 Å². The first-order valence-electron chi connectivity index (χ1n) is 11.5. The second kappa shape index (κ2) is 12.8. The van der Waals surface area contributed by atoms with Crippen molar-refractivity contribution in [2.24, 2.45) is 0 Å². The molecule has 1 N–H and O–H groups in total. The predicted molar refractivity (Wildman–Crippen MR) is 139 cm³/mol. The molecule has 0 aromatic heterocycles. The predicted octanol–water partition coefficient (Wildman–Crippen LogP) is 3.84. The average Bonchev–Trinajstić information content (AvgIpc) is 2.78. The van der Waals surface area contributed by atoms with E-state index in [2.05, 4.69) is 5.32 Å². The van der Waals surface area contributed by atoms with Crippen molar-refractivity contribution in [2.45, 2.75) is 52.7 Å². The van der Waals surface area contributed by atoms with Gasteiger partial charge in [0.05, 0.1) is 18.6 Å². The monoisotopic (exact) mass is 523 g/mol. The van der Waals surface area contributed by atoms with E-state index in [1.54, 1.807) is 48.5 Å². The van der Waals surface area contributed by atoms with Gasteiger partial charge in [-0.05, 0) is 69.2 Å². The zero-order valence-corrected chi connectivity index (χ0v) is 22.4. The van der Waals surface area contributed by atoms with E-state index in [0.29, 0.717) is 29.5 Å². The maximum atomic E-state index is 13.6. The zero-order chi connectivity index (χ0) is 26.2. The van der Waals surface area contributed by atoms with Crippen LogP contribution in [-0.4, -0.2) is 56.6 Å². The van der Waals surface area contributed by atoms with Crippen molar-refractivity contribution in [3.8, 4) is 5.75 Å². The molecule has 8 nitrogen and oxygen atoms in total. The van der Waals surface area contributed by atoms with Gasteiger partial charge in [0.25, 0.3) is 0 Å². The molecule has 1 atom stereocenters. The van der Waals surface area contributed by atoms with Gasteiger partial charge in [-0.25, -0.2) is 8.42 Å². The summed E-state index contributed by atoms with van der Waals surface area (Å²) in [5.74, 6) is -0.196. The van der Waals surface area contributed by atoms with Crippen molar-refractivity contribution in [3.63, 3.8) is 0 Å². The van der Waals surface area contributed by atoms with E-state index in [-0.39, 0.29) is 18.5 Å². The Balaban J connectivity index is 2.40. The van der Waals surface area contributed by atoms with Crippen LogP contribution in [0, 0.1) is 0 Å². The average molecular weight is 524 g/mol. The first-order valence-corrected chi connectivity index (χ1v) is 13.7. The molecule has 0 aliphatic rings. The van der Waals surface area contributed by atoms with E-state index < -0.39 is 28.5 Å². The lowest BCUT2D eigenvalue weighted by molar-refractivity contribution is -0.140. The van der Waals surface area contributed by atoms with Crippen molar-refractivity contribution in [1.82, 2.24) is 10.2 Å². The third-order valence-electron chi connectivity index (χ3n) is 5.20. The summed E-state index contributed by atoms with van der Waals surface area (Å²) < 4.78 is 31.8. The lowest BCUT2D eigenvalue weighted by Crippen LogP contribution is -2.53. The minimum atomic E-state index is -3.79. The fourth-order valence-electron chi connectivity index (χ4n) is 3.58. The molecular formula is C25H34ClN3O5S. The molecule has 2 aromatic carbocycles. The topological polar surface area (TPSA) is 96.0 Å². The third kappa shape index (κ3) is 8.43. The molecule has 10 heteroatoms. The molecule has 1 unspecified atom stereocenters. The van der Waals surface area contributed by atoms with Crippen LogP contribution in [0.25, 0.3) is 0 Å². The molecule has 2 amide bonds. The quantitative estimate of drug-likeness (QED) is 0.456. The highest BCUT2D eigenvalue weighted by molar-refractivity contribution is 7.92. The Morgan fingerprint density at radius 3 is 2.11 bits per heavy atom. The fourth-order valence-corrected chi connectivity index (χ4v) is 4.55. The van der Waals surface area contributed by atoms with Crippen LogP contribution in [0.15, 0.2) is 48.5 Å². The van der Waals surface area contributed by atoms with Gasteiger partial charge in [0.2, 0.25) is 21.8 Å². The molecular weight excluding hydrogens is 490 g/mol. The van der Waals surface area contributed by atoms with Crippen LogP contribution in [0.1, 0.15) is 39.7 Å². The molecule has 0 saturated carbocycles. The van der Waals surface area contributed by atoms with Crippen molar-refractivity contribution in [2.75, 3.05) is 23.7 Å². The number of nitrogens with one attached hydrogen (secondary N) is 1. The summed E-state index contributed by atoms with van der Waals surface area (Å²) >= 11 is 6.00. The van der Waals surface area contributed by atoms with Crippen molar-refractivity contribution >= 4 is 39.1 Å². The third-order valence-corrected chi connectivity index (χ3v) is 6.59. The normalized spacial score (nSPS) is 12.2. The van der Waals surface area contributed by atoms with Crippen LogP contribution < -0.4 is 14.4 Å². The molecule has 35 heavy (non-hydrogen) atoms. The fraction of sp³-hybridized carbons (Fsp3) is 0.440. The van der Waals surface area contributed by atoms with Crippen molar-refractivity contribution < 1.29 is 22.7 Å². The maximum absolute atomic E-state index is 13.6. The first kappa shape index (κ1) is 28.5. The van der Waals surface area contributed by atoms with Crippen LogP contribution in [0.3, 0.4) is 0 Å². The highest BCUT2D eigenvalue weighted by atomic mass is 35.5. The van der Waals surface area contributed by atoms with Crippen LogP contribution in [0.4, 0.5) is 5.69 Å². The molecule has 0 aliphatic heterocycles. The highest BCUT2D eigenvalue weighted by Gasteiger charge is 2.32. The lowest BCUT2D eigenvalue weighted by atomic mass is 10.1. The van der Waals surface area contributed by atoms with Gasteiger partial charge in [0.1, 0.15) is 18.3 Å². The Kier molecular flexibility index (Phi) is 10.4. The molecule has 192 valence electrons. The van der Waals surface area contributed by atoms with E-state index in [0.717, 1.165) is 16.1 Å². The summed E-state index contributed by atoms with van der Waals surface area (Å²) in [5, 5.41) is 3.41. The SMILES string of the molecule is CCOc1ccc(N(CC(=O)N(Cc2ccc(Cl)cc2)C(CC)C(=O)NC(C)C)S(C)(=O)=O)cc1. The molecule has 0 saturated heterocycles. The highest BCUT2D eigenvalue weighted by Crippen LogP contribution is 2.23. The smallest absolute Gasteiger partial charge is 0.244 e. The van der Waals surface area contributed by atoms with Gasteiger partial charge in [-0.15, -0.1) is 0 Å². The molecule has 0 bridgehead atoms. The number of ether oxygens (including phenoxy) is 1. The standard InChI is InChI=1S/C25H34ClN3O5S/c1-6-23(25(31)27-18(3)4)28(16-19-8-10-20(26)11-9-19)24(30)17-29(35(5,32)33)21-12-14-22(15-13-21)34-7-2/h8-15,18,23H,6-7,16-17H2,1-5H3,(H,27,31). The number of halogens is 1. The zero-order valence-electron chi connectivity index (χ0n) is 20.8. The summed E-state index contributed by atoms with van der Waals surface area (Å²) in [5.41, 5.74) is 1.10. The van der Waals surface area contributed by atoms with Crippen molar-refractivity contribution in [3.05, 3.63) is 59.1 Å². The molecule has 0 aliphatic carbocycles. The number of hydrogen-bond acceptors (Lipinski definition) is 5. The van der Waals surface area contributed by atoms with Crippen LogP contribution >= 0.6 is 11.6 Å². The number of carbonyl (C=O) groups excluding carboxylic acids is 2. The van der Waals surface area contributed by atoms with E-state index >= 15 is 0 Å². The Labute approximate surface area is 213 Å². The Hall–Kier alpha value is -2.78. The number of rotatable bonds is 12. The lowest BCUT2D eigenvalue weighted by Gasteiger charge is -2.33. The number of anilines is 1. The molecule has 0 radical (unpaired) electrons. The van der Waals surface area contributed by atoms with Crippen LogP contribution in [0.2, 0.25) is 5.02 Å². The molecule has 0 heterocycles. The van der Waals surface area contributed by atoms with E-state index in [1.807, 2.05) is 27.7 Å². The number of nitrogens with zero attached hydrogens (tertiary/aromatic N) is 2. The summed E-state index contributed by atoms with van der Waals surface area (Å²) in [6, 6.07) is 12.6. The van der Waals surface area contributed by atoms with Gasteiger partial charge in [-0.1, -0.05) is 30.7 Å². The van der Waals surface area contributed by atoms with Gasteiger partial charge in [-0.2, -0.15) is 0 Å². The Morgan fingerprint density at radius 1 is 1.03 bits per heavy atom. The van der Waals surface area contributed by atoms with E-state index in [9.17, 15) is 18.0 Å². The number of carbonyl (C=O) groups is 2. The van der Waals surface area contributed by atoms with Crippen molar-refractivity contribution in [1.29, 1.82) is 0 Å². The number of hydrogen-bond donors (Lipinski definition) is 1. The Bertz CT molecular complexity index is 1090. The molecule has 2 aromatic rings. The summed E-state index contributed by atoms with van der Waals surface area (Å²) in [7, 11) is -3.79. The van der Waals surface area contributed by atoms with Gasteiger partial charge in [0, 0.05) is 17.6 Å². The molecule has 0 spiro atoms. The molecule has 2 rings (SSSR count). The second-order valence-electron chi connectivity index (χ2n) is 8.43. The summed E-state index contributed by atoms with van der Waals surface area (Å²) in [6.45, 7) is 7.50.